The lowest BCUT2D eigenvalue weighted by Gasteiger charge is -2.35. The number of nitrogens with one attached hydrogen (secondary N) is 1. The summed E-state index contributed by atoms with van der Waals surface area (Å²) in [5.41, 5.74) is 0. The van der Waals surface area contributed by atoms with Crippen molar-refractivity contribution in [1.82, 2.24) is 19.4 Å². The van der Waals surface area contributed by atoms with Crippen LogP contribution in [0.3, 0.4) is 0 Å². The number of amides is 2. The Morgan fingerprint density at radius 3 is 2.68 bits per heavy atom. The highest BCUT2D eigenvalue weighted by Crippen LogP contribution is 2.31. The number of rotatable bonds is 9. The van der Waals surface area contributed by atoms with Crippen molar-refractivity contribution in [3.63, 3.8) is 0 Å². The molecule has 1 aromatic carbocycles. The first-order chi connectivity index (χ1) is 18.2. The molecule has 3 fully saturated rings. The van der Waals surface area contributed by atoms with E-state index in [1.807, 2.05) is 4.90 Å². The van der Waals surface area contributed by atoms with Gasteiger partial charge in [0.05, 0.1) is 13.2 Å². The van der Waals surface area contributed by atoms with Gasteiger partial charge in [-0.2, -0.15) is 4.72 Å². The summed E-state index contributed by atoms with van der Waals surface area (Å²) in [6.07, 6.45) is 5.20. The number of nitrogens with zero attached hydrogens (tertiary/aromatic N) is 3. The molecule has 208 valence electrons. The number of hydrogen-bond acceptors (Lipinski definition) is 7. The highest BCUT2D eigenvalue weighted by molar-refractivity contribution is 7.91. The van der Waals surface area contributed by atoms with Gasteiger partial charge < -0.3 is 14.5 Å². The fourth-order valence-corrected chi connectivity index (χ4v) is 8.77. The Balaban J connectivity index is 1.21. The molecule has 2 aromatic rings. The second-order valence-corrected chi connectivity index (χ2v) is 13.9. The molecule has 3 atom stereocenters. The molecule has 5 rings (SSSR count). The molecule has 0 bridgehead atoms. The molecule has 3 aliphatic heterocycles. The summed E-state index contributed by atoms with van der Waals surface area (Å²) in [5.74, 6) is -0.402. The van der Waals surface area contributed by atoms with Gasteiger partial charge in [0.1, 0.15) is 10.3 Å². The predicted molar refractivity (Wildman–Crippen MR) is 148 cm³/mol. The van der Waals surface area contributed by atoms with Crippen LogP contribution in [0.2, 0.25) is 5.02 Å². The standard InChI is InChI=1S/C26H35ClN4O5S2/c1-36-17-21-6-2-10-29(21)15-20-5-3-12-31(20)24(32)16-30-11-4-7-22(26(30)33)28-38(34,35)25-14-18-13-19(27)8-9-23(18)37-25/h8-9,13-14,20-22,28H,2-7,10-12,15-17H2,1H3. The van der Waals surface area contributed by atoms with Crippen molar-refractivity contribution in [2.75, 3.05) is 46.4 Å². The number of halogens is 1. The van der Waals surface area contributed by atoms with Gasteiger partial charge in [0.25, 0.3) is 10.0 Å². The van der Waals surface area contributed by atoms with E-state index in [1.54, 1.807) is 31.4 Å². The van der Waals surface area contributed by atoms with E-state index in [0.29, 0.717) is 43.6 Å². The normalized spacial score (nSPS) is 25.1. The summed E-state index contributed by atoms with van der Waals surface area (Å²) in [6, 6.07) is 6.45. The van der Waals surface area contributed by atoms with E-state index >= 15 is 0 Å². The van der Waals surface area contributed by atoms with Gasteiger partial charge in [-0.15, -0.1) is 11.3 Å². The maximum Gasteiger partial charge on any atom is 0.250 e. The van der Waals surface area contributed by atoms with Crippen molar-refractivity contribution in [2.45, 2.75) is 60.9 Å². The van der Waals surface area contributed by atoms with E-state index < -0.39 is 16.1 Å². The predicted octanol–water partition coefficient (Wildman–Crippen LogP) is 2.93. The number of hydrogen-bond donors (Lipinski definition) is 1. The third-order valence-electron chi connectivity index (χ3n) is 7.88. The number of ether oxygens (including phenoxy) is 1. The van der Waals surface area contributed by atoms with Gasteiger partial charge in [-0.3, -0.25) is 14.5 Å². The summed E-state index contributed by atoms with van der Waals surface area (Å²) < 4.78 is 35.2. The van der Waals surface area contributed by atoms with Crippen LogP contribution in [0.4, 0.5) is 0 Å². The molecule has 38 heavy (non-hydrogen) atoms. The Kier molecular flexibility index (Phi) is 8.61. The number of carbonyl (C=O) groups is 2. The number of methoxy groups -OCH3 is 1. The molecule has 3 aliphatic rings. The Bertz CT molecular complexity index is 1290. The minimum absolute atomic E-state index is 0.0174. The van der Waals surface area contributed by atoms with Crippen molar-refractivity contribution in [1.29, 1.82) is 0 Å². The van der Waals surface area contributed by atoms with E-state index in [1.165, 1.54) is 4.90 Å². The first-order valence-electron chi connectivity index (χ1n) is 13.3. The number of fused-ring (bicyclic) bond motifs is 1. The van der Waals surface area contributed by atoms with Gasteiger partial charge in [0, 0.05) is 48.6 Å². The summed E-state index contributed by atoms with van der Waals surface area (Å²) in [5, 5.41) is 1.28. The molecular weight excluding hydrogens is 548 g/mol. The molecule has 1 aromatic heterocycles. The van der Waals surface area contributed by atoms with Gasteiger partial charge in [-0.1, -0.05) is 11.6 Å². The average molecular weight is 583 g/mol. The Hall–Kier alpha value is -1.76. The minimum atomic E-state index is -3.90. The van der Waals surface area contributed by atoms with Crippen LogP contribution in [-0.2, 0) is 24.3 Å². The molecule has 3 unspecified atom stereocenters. The van der Waals surface area contributed by atoms with Crippen LogP contribution in [0.1, 0.15) is 38.5 Å². The maximum absolute atomic E-state index is 13.3. The van der Waals surface area contributed by atoms with E-state index in [-0.39, 0.29) is 28.6 Å². The Morgan fingerprint density at radius 1 is 1.11 bits per heavy atom. The van der Waals surface area contributed by atoms with Crippen LogP contribution in [0, 0.1) is 0 Å². The van der Waals surface area contributed by atoms with Crippen LogP contribution in [-0.4, -0.2) is 99.5 Å². The molecule has 2 amide bonds. The van der Waals surface area contributed by atoms with Crippen molar-refractivity contribution >= 4 is 54.9 Å². The fraction of sp³-hybridized carbons (Fsp3) is 0.615. The summed E-state index contributed by atoms with van der Waals surface area (Å²) >= 11 is 7.18. The Morgan fingerprint density at radius 2 is 1.87 bits per heavy atom. The maximum atomic E-state index is 13.3. The monoisotopic (exact) mass is 582 g/mol. The first kappa shape index (κ1) is 27.8. The molecule has 0 spiro atoms. The minimum Gasteiger partial charge on any atom is -0.383 e. The van der Waals surface area contributed by atoms with Crippen LogP contribution >= 0.6 is 22.9 Å². The number of thiophene rings is 1. The average Bonchev–Trinajstić information content (AvgIpc) is 3.62. The SMILES string of the molecule is COCC1CCCN1CC1CCCN1C(=O)CN1CCCC(NS(=O)(=O)c2cc3cc(Cl)ccc3s2)C1=O. The summed E-state index contributed by atoms with van der Waals surface area (Å²) in [4.78, 5) is 32.5. The van der Waals surface area contributed by atoms with Crippen molar-refractivity contribution in [3.05, 3.63) is 29.3 Å². The molecule has 0 saturated carbocycles. The van der Waals surface area contributed by atoms with Gasteiger partial charge >= 0.3 is 0 Å². The van der Waals surface area contributed by atoms with E-state index in [9.17, 15) is 18.0 Å². The zero-order valence-electron chi connectivity index (χ0n) is 21.6. The van der Waals surface area contributed by atoms with Gasteiger partial charge in [-0.25, -0.2) is 8.42 Å². The van der Waals surface area contributed by atoms with Crippen LogP contribution in [0.15, 0.2) is 28.5 Å². The molecule has 0 aliphatic carbocycles. The van der Waals surface area contributed by atoms with Gasteiger partial charge in [-0.05, 0) is 74.7 Å². The third-order valence-corrected chi connectivity index (χ3v) is 11.2. The van der Waals surface area contributed by atoms with Crippen molar-refractivity contribution in [3.8, 4) is 0 Å². The highest BCUT2D eigenvalue weighted by atomic mass is 35.5. The van der Waals surface area contributed by atoms with Gasteiger partial charge in [0.15, 0.2) is 0 Å². The Labute approximate surface area is 233 Å². The lowest BCUT2D eigenvalue weighted by molar-refractivity contribution is -0.143. The number of carbonyl (C=O) groups excluding carboxylic acids is 2. The topological polar surface area (TPSA) is 99.3 Å². The lowest BCUT2D eigenvalue weighted by atomic mass is 10.1. The molecule has 4 heterocycles. The third kappa shape index (κ3) is 6.03. The first-order valence-corrected chi connectivity index (χ1v) is 16.0. The molecular formula is C26H35ClN4O5S2. The smallest absolute Gasteiger partial charge is 0.250 e. The number of sulfonamides is 1. The zero-order chi connectivity index (χ0) is 26.9. The summed E-state index contributed by atoms with van der Waals surface area (Å²) in [7, 11) is -2.17. The highest BCUT2D eigenvalue weighted by Gasteiger charge is 2.37. The number of likely N-dealkylation sites (tertiary alicyclic amines) is 3. The fourth-order valence-electron chi connectivity index (χ4n) is 5.97. The van der Waals surface area contributed by atoms with E-state index in [2.05, 4.69) is 9.62 Å². The molecule has 1 N–H and O–H groups in total. The number of benzene rings is 1. The lowest BCUT2D eigenvalue weighted by Crippen LogP contribution is -2.55. The van der Waals surface area contributed by atoms with Crippen molar-refractivity contribution in [2.24, 2.45) is 0 Å². The van der Waals surface area contributed by atoms with Gasteiger partial charge in [0.2, 0.25) is 11.8 Å². The van der Waals surface area contributed by atoms with Crippen molar-refractivity contribution < 1.29 is 22.7 Å². The molecule has 12 heteroatoms. The second kappa shape index (κ2) is 11.8. The van der Waals surface area contributed by atoms with E-state index in [4.69, 9.17) is 16.3 Å². The zero-order valence-corrected chi connectivity index (χ0v) is 24.0. The second-order valence-electron chi connectivity index (χ2n) is 10.5. The summed E-state index contributed by atoms with van der Waals surface area (Å²) in [6.45, 7) is 3.68. The van der Waals surface area contributed by atoms with E-state index in [0.717, 1.165) is 60.2 Å². The quantitative estimate of drug-likeness (QED) is 0.488. The van der Waals surface area contributed by atoms with Crippen LogP contribution in [0.5, 0.6) is 0 Å². The molecule has 0 radical (unpaired) electrons. The van der Waals surface area contributed by atoms with Crippen LogP contribution in [0.25, 0.3) is 10.1 Å². The molecule has 9 nitrogen and oxygen atoms in total. The van der Waals surface area contributed by atoms with Crippen LogP contribution < -0.4 is 4.72 Å². The molecule has 3 saturated heterocycles. The largest absolute Gasteiger partial charge is 0.383 e. The number of piperidine rings is 1.